The van der Waals surface area contributed by atoms with E-state index in [4.69, 9.17) is 0 Å². The first-order valence-electron chi connectivity index (χ1n) is 6.15. The average Bonchev–Trinajstić information content (AvgIpc) is 2.53. The van der Waals surface area contributed by atoms with Gasteiger partial charge in [0.1, 0.15) is 0 Å². The van der Waals surface area contributed by atoms with Crippen molar-refractivity contribution in [2.45, 2.75) is 39.7 Å². The smallest absolute Gasteiger partial charge is 0.317 e. The van der Waals surface area contributed by atoms with Crippen LogP contribution in [0.25, 0.3) is 0 Å². The lowest BCUT2D eigenvalue weighted by atomic mass is 9.95. The highest BCUT2D eigenvalue weighted by Gasteiger charge is 2.14. The lowest BCUT2D eigenvalue weighted by Crippen LogP contribution is -2.29. The number of imidazole rings is 1. The molecule has 0 radical (unpaired) electrons. The maximum atomic E-state index is 11.6. The van der Waals surface area contributed by atoms with Gasteiger partial charge in [-0.05, 0) is 52.1 Å². The van der Waals surface area contributed by atoms with E-state index < -0.39 is 0 Å². The summed E-state index contributed by atoms with van der Waals surface area (Å²) < 4.78 is 1.87. The summed E-state index contributed by atoms with van der Waals surface area (Å²) in [5, 5.41) is 3.37. The van der Waals surface area contributed by atoms with Gasteiger partial charge in [-0.3, -0.25) is 4.57 Å². The fourth-order valence-corrected chi connectivity index (χ4v) is 2.42. The third kappa shape index (κ3) is 2.38. The van der Waals surface area contributed by atoms with Gasteiger partial charge < -0.3 is 10.3 Å². The molecule has 1 saturated heterocycles. The summed E-state index contributed by atoms with van der Waals surface area (Å²) in [6, 6.07) is 0. The van der Waals surface area contributed by atoms with E-state index in [1.165, 1.54) is 12.8 Å². The molecule has 90 valence electrons. The van der Waals surface area contributed by atoms with E-state index in [0.717, 1.165) is 43.4 Å². The van der Waals surface area contributed by atoms with Crippen LogP contribution in [-0.4, -0.2) is 22.6 Å². The Morgan fingerprint density at radius 3 is 2.56 bits per heavy atom. The molecule has 1 aliphatic heterocycles. The highest BCUT2D eigenvalue weighted by Crippen LogP contribution is 2.16. The molecule has 1 fully saturated rings. The number of aromatic amines is 1. The highest BCUT2D eigenvalue weighted by atomic mass is 16.1. The van der Waals surface area contributed by atoms with Crippen LogP contribution in [0, 0.1) is 19.8 Å². The molecule has 1 aromatic rings. The average molecular weight is 223 g/mol. The first kappa shape index (κ1) is 11.5. The van der Waals surface area contributed by atoms with Gasteiger partial charge in [0, 0.05) is 17.9 Å². The lowest BCUT2D eigenvalue weighted by molar-refractivity contribution is 0.335. The van der Waals surface area contributed by atoms with Gasteiger partial charge in [0.2, 0.25) is 0 Å². The minimum Gasteiger partial charge on any atom is -0.317 e. The molecule has 4 nitrogen and oxygen atoms in total. The van der Waals surface area contributed by atoms with Gasteiger partial charge >= 0.3 is 5.69 Å². The molecule has 0 saturated carbocycles. The molecular formula is C12H21N3O. The molecule has 16 heavy (non-hydrogen) atoms. The van der Waals surface area contributed by atoms with Gasteiger partial charge in [0.15, 0.2) is 0 Å². The van der Waals surface area contributed by atoms with Crippen molar-refractivity contribution in [3.8, 4) is 0 Å². The van der Waals surface area contributed by atoms with Crippen molar-refractivity contribution in [2.24, 2.45) is 5.92 Å². The first-order valence-corrected chi connectivity index (χ1v) is 6.15. The van der Waals surface area contributed by atoms with E-state index >= 15 is 0 Å². The number of rotatable bonds is 3. The minimum absolute atomic E-state index is 0.0453. The Morgan fingerprint density at radius 2 is 2.00 bits per heavy atom. The van der Waals surface area contributed by atoms with Crippen molar-refractivity contribution in [1.82, 2.24) is 14.9 Å². The third-order valence-corrected chi connectivity index (χ3v) is 3.71. The summed E-state index contributed by atoms with van der Waals surface area (Å²) >= 11 is 0. The van der Waals surface area contributed by atoms with Crippen molar-refractivity contribution in [3.05, 3.63) is 21.9 Å². The molecule has 2 rings (SSSR count). The number of aromatic nitrogens is 2. The van der Waals surface area contributed by atoms with Gasteiger partial charge in [-0.15, -0.1) is 0 Å². The Morgan fingerprint density at radius 1 is 1.31 bits per heavy atom. The van der Waals surface area contributed by atoms with Crippen LogP contribution in [0.4, 0.5) is 0 Å². The zero-order valence-electron chi connectivity index (χ0n) is 10.2. The van der Waals surface area contributed by atoms with Crippen LogP contribution in [0.3, 0.4) is 0 Å². The van der Waals surface area contributed by atoms with Gasteiger partial charge in [0.05, 0.1) is 0 Å². The minimum atomic E-state index is 0.0453. The standard InChI is InChI=1S/C12H21N3O/c1-9-10(2)15(12(16)14-9)8-5-11-3-6-13-7-4-11/h11,13H,3-8H2,1-2H3,(H,14,16). The molecule has 1 aromatic heterocycles. The van der Waals surface area contributed by atoms with Crippen molar-refractivity contribution < 1.29 is 0 Å². The Hall–Kier alpha value is -1.03. The van der Waals surface area contributed by atoms with Crippen LogP contribution in [0.5, 0.6) is 0 Å². The number of aryl methyl sites for hydroxylation is 1. The molecule has 0 aromatic carbocycles. The zero-order chi connectivity index (χ0) is 11.5. The molecule has 1 aliphatic rings. The molecule has 0 bridgehead atoms. The zero-order valence-corrected chi connectivity index (χ0v) is 10.2. The molecule has 2 N–H and O–H groups in total. The first-order chi connectivity index (χ1) is 7.68. The monoisotopic (exact) mass is 223 g/mol. The quantitative estimate of drug-likeness (QED) is 0.808. The number of H-pyrrole nitrogens is 1. The maximum Gasteiger partial charge on any atom is 0.325 e. The lowest BCUT2D eigenvalue weighted by Gasteiger charge is -2.22. The third-order valence-electron chi connectivity index (χ3n) is 3.71. The summed E-state index contributed by atoms with van der Waals surface area (Å²) in [4.78, 5) is 14.5. The number of hydrogen-bond donors (Lipinski definition) is 2. The predicted molar refractivity (Wildman–Crippen MR) is 64.7 cm³/mol. The molecule has 0 atom stereocenters. The van der Waals surface area contributed by atoms with E-state index in [2.05, 4.69) is 10.3 Å². The van der Waals surface area contributed by atoms with Crippen molar-refractivity contribution in [2.75, 3.05) is 13.1 Å². The number of nitrogens with one attached hydrogen (secondary N) is 2. The van der Waals surface area contributed by atoms with Gasteiger partial charge in [0.25, 0.3) is 0 Å². The van der Waals surface area contributed by atoms with E-state index in [1.54, 1.807) is 0 Å². The summed E-state index contributed by atoms with van der Waals surface area (Å²) in [5.41, 5.74) is 2.12. The molecule has 0 spiro atoms. The Bertz CT molecular complexity index is 399. The van der Waals surface area contributed by atoms with E-state index in [0.29, 0.717) is 0 Å². The normalized spacial score (nSPS) is 17.9. The second-order valence-corrected chi connectivity index (χ2v) is 4.77. The van der Waals surface area contributed by atoms with Crippen LogP contribution in [0.2, 0.25) is 0 Å². The van der Waals surface area contributed by atoms with Gasteiger partial charge in [-0.2, -0.15) is 0 Å². The molecule has 2 heterocycles. The second-order valence-electron chi connectivity index (χ2n) is 4.77. The summed E-state index contributed by atoms with van der Waals surface area (Å²) in [6.45, 7) is 7.09. The molecule has 0 unspecified atom stereocenters. The summed E-state index contributed by atoms with van der Waals surface area (Å²) in [6.07, 6.45) is 3.62. The van der Waals surface area contributed by atoms with E-state index in [9.17, 15) is 4.79 Å². The van der Waals surface area contributed by atoms with Crippen LogP contribution in [-0.2, 0) is 6.54 Å². The van der Waals surface area contributed by atoms with Crippen LogP contribution in [0.1, 0.15) is 30.7 Å². The van der Waals surface area contributed by atoms with Gasteiger partial charge in [-0.25, -0.2) is 4.79 Å². The van der Waals surface area contributed by atoms with E-state index in [1.807, 2.05) is 18.4 Å². The summed E-state index contributed by atoms with van der Waals surface area (Å²) in [7, 11) is 0. The molecule has 0 amide bonds. The number of nitrogens with zero attached hydrogens (tertiary/aromatic N) is 1. The van der Waals surface area contributed by atoms with E-state index in [-0.39, 0.29) is 5.69 Å². The summed E-state index contributed by atoms with van der Waals surface area (Å²) in [5.74, 6) is 0.780. The van der Waals surface area contributed by atoms with Gasteiger partial charge in [-0.1, -0.05) is 0 Å². The van der Waals surface area contributed by atoms with Crippen LogP contribution >= 0.6 is 0 Å². The Labute approximate surface area is 96.1 Å². The topological polar surface area (TPSA) is 49.8 Å². The molecular weight excluding hydrogens is 202 g/mol. The largest absolute Gasteiger partial charge is 0.325 e. The fourth-order valence-electron chi connectivity index (χ4n) is 2.42. The molecule has 4 heteroatoms. The van der Waals surface area contributed by atoms with Crippen LogP contribution in [0.15, 0.2) is 4.79 Å². The highest BCUT2D eigenvalue weighted by molar-refractivity contribution is 5.08. The second kappa shape index (κ2) is 4.87. The van der Waals surface area contributed by atoms with Crippen molar-refractivity contribution >= 4 is 0 Å². The SMILES string of the molecule is Cc1[nH]c(=O)n(CCC2CCNCC2)c1C. The fraction of sp³-hybridized carbons (Fsp3) is 0.750. The van der Waals surface area contributed by atoms with Crippen molar-refractivity contribution in [3.63, 3.8) is 0 Å². The van der Waals surface area contributed by atoms with Crippen LogP contribution < -0.4 is 11.0 Å². The Kier molecular flexibility index (Phi) is 3.49. The predicted octanol–water partition coefficient (Wildman–Crippen LogP) is 1.18. The maximum absolute atomic E-state index is 11.6. The Balaban J connectivity index is 1.96. The number of hydrogen-bond acceptors (Lipinski definition) is 2. The molecule has 0 aliphatic carbocycles. The van der Waals surface area contributed by atoms with Crippen molar-refractivity contribution in [1.29, 1.82) is 0 Å². The number of piperidine rings is 1.